The van der Waals surface area contributed by atoms with Gasteiger partial charge < -0.3 is 4.57 Å². The van der Waals surface area contributed by atoms with E-state index in [1.165, 1.54) is 59.0 Å². The van der Waals surface area contributed by atoms with Gasteiger partial charge in [-0.05, 0) is 89.8 Å². The van der Waals surface area contributed by atoms with Crippen LogP contribution >= 0.6 is 22.7 Å². The lowest BCUT2D eigenvalue weighted by Gasteiger charge is -2.09. The molecule has 0 fully saturated rings. The first-order chi connectivity index (χ1) is 24.6. The third-order valence-corrected chi connectivity index (χ3v) is 11.7. The Kier molecular flexibility index (Phi) is 6.76. The lowest BCUT2D eigenvalue weighted by atomic mass is 9.99. The maximum atomic E-state index is 4.87. The number of hydrogen-bond donors (Lipinski definition) is 0. The fourth-order valence-electron chi connectivity index (χ4n) is 6.96. The van der Waals surface area contributed by atoms with Crippen molar-refractivity contribution < 1.29 is 0 Å². The van der Waals surface area contributed by atoms with Gasteiger partial charge in [0, 0.05) is 27.6 Å². The van der Waals surface area contributed by atoms with E-state index in [4.69, 9.17) is 9.97 Å². The molecule has 3 heterocycles. The number of thiazole rings is 2. The molecule has 5 heteroatoms. The largest absolute Gasteiger partial charge is 0.309 e. The summed E-state index contributed by atoms with van der Waals surface area (Å²) < 4.78 is 4.82. The number of aromatic nitrogens is 3. The monoisotopic (exact) mass is 675 g/mol. The van der Waals surface area contributed by atoms with E-state index < -0.39 is 0 Å². The first-order valence-corrected chi connectivity index (χ1v) is 18.4. The SMILES string of the molecule is Cc1ccc(-n2c3ccc(-c4ccc(-c5nc6ccccc6s5)cc4)cc3c3cc(-c4ccc(-c5nc6ccccc6s5)cc4)ccc32)cc1. The Balaban J connectivity index is 1.07. The Labute approximate surface area is 297 Å². The van der Waals surface area contributed by atoms with E-state index in [0.717, 1.165) is 37.9 Å². The number of aryl methyl sites for hydroxylation is 1. The Morgan fingerprint density at radius 2 is 0.840 bits per heavy atom. The molecule has 50 heavy (non-hydrogen) atoms. The van der Waals surface area contributed by atoms with Gasteiger partial charge in [0.05, 0.1) is 31.5 Å². The van der Waals surface area contributed by atoms with Crippen LogP contribution in [0.4, 0.5) is 0 Å². The van der Waals surface area contributed by atoms with Crippen LogP contribution in [0.3, 0.4) is 0 Å². The molecule has 0 atom stereocenters. The lowest BCUT2D eigenvalue weighted by Crippen LogP contribution is -1.93. The predicted octanol–water partition coefficient (Wildman–Crippen LogP) is 13.0. The molecule has 0 saturated heterocycles. The molecule has 236 valence electrons. The zero-order valence-electron chi connectivity index (χ0n) is 27.2. The van der Waals surface area contributed by atoms with Gasteiger partial charge in [0.15, 0.2) is 0 Å². The molecule has 0 aliphatic rings. The van der Waals surface area contributed by atoms with Crippen molar-refractivity contribution in [2.24, 2.45) is 0 Å². The number of rotatable bonds is 5. The van der Waals surface area contributed by atoms with Crippen LogP contribution < -0.4 is 0 Å². The lowest BCUT2D eigenvalue weighted by molar-refractivity contribution is 1.17. The van der Waals surface area contributed by atoms with E-state index in [1.807, 2.05) is 12.1 Å². The smallest absolute Gasteiger partial charge is 0.124 e. The average molecular weight is 676 g/mol. The molecule has 0 bridgehead atoms. The van der Waals surface area contributed by atoms with Crippen molar-refractivity contribution in [3.8, 4) is 49.1 Å². The van der Waals surface area contributed by atoms with Gasteiger partial charge in [-0.25, -0.2) is 9.97 Å². The van der Waals surface area contributed by atoms with Crippen molar-refractivity contribution in [3.05, 3.63) is 163 Å². The van der Waals surface area contributed by atoms with Gasteiger partial charge in [-0.2, -0.15) is 0 Å². The topological polar surface area (TPSA) is 30.7 Å². The summed E-state index contributed by atoms with van der Waals surface area (Å²) in [5, 5.41) is 4.58. The number of fused-ring (bicyclic) bond motifs is 5. The Morgan fingerprint density at radius 3 is 1.30 bits per heavy atom. The highest BCUT2D eigenvalue weighted by Gasteiger charge is 2.16. The van der Waals surface area contributed by atoms with Crippen LogP contribution in [0, 0.1) is 6.92 Å². The van der Waals surface area contributed by atoms with E-state index >= 15 is 0 Å². The van der Waals surface area contributed by atoms with Crippen LogP contribution in [0.5, 0.6) is 0 Å². The molecule has 7 aromatic carbocycles. The Morgan fingerprint density at radius 1 is 0.420 bits per heavy atom. The minimum Gasteiger partial charge on any atom is -0.309 e. The third kappa shape index (κ3) is 4.94. The Hall–Kier alpha value is -5.88. The summed E-state index contributed by atoms with van der Waals surface area (Å²) in [7, 11) is 0. The second-order valence-corrected chi connectivity index (χ2v) is 14.8. The van der Waals surface area contributed by atoms with Crippen molar-refractivity contribution in [2.75, 3.05) is 0 Å². The highest BCUT2D eigenvalue weighted by molar-refractivity contribution is 7.22. The van der Waals surface area contributed by atoms with Gasteiger partial charge in [0.1, 0.15) is 10.0 Å². The molecule has 0 spiro atoms. The van der Waals surface area contributed by atoms with Crippen LogP contribution in [0.15, 0.2) is 158 Å². The maximum absolute atomic E-state index is 4.87. The summed E-state index contributed by atoms with van der Waals surface area (Å²) in [6.45, 7) is 2.14. The average Bonchev–Trinajstić information content (AvgIpc) is 3.89. The Bertz CT molecular complexity index is 2620. The fourth-order valence-corrected chi connectivity index (χ4v) is 8.90. The molecule has 0 N–H and O–H groups in total. The van der Waals surface area contributed by atoms with Gasteiger partial charge >= 0.3 is 0 Å². The third-order valence-electron chi connectivity index (χ3n) is 9.58. The number of nitrogens with zero attached hydrogens (tertiary/aromatic N) is 3. The van der Waals surface area contributed by atoms with Crippen molar-refractivity contribution in [2.45, 2.75) is 6.92 Å². The molecule has 10 aromatic rings. The summed E-state index contributed by atoms with van der Waals surface area (Å²) in [6, 6.07) is 56.9. The minimum absolute atomic E-state index is 1.05. The van der Waals surface area contributed by atoms with E-state index in [0.29, 0.717) is 0 Å². The summed E-state index contributed by atoms with van der Waals surface area (Å²) >= 11 is 3.48. The van der Waals surface area contributed by atoms with Crippen LogP contribution in [0.2, 0.25) is 0 Å². The van der Waals surface area contributed by atoms with E-state index in [-0.39, 0.29) is 0 Å². The van der Waals surface area contributed by atoms with Gasteiger partial charge in [-0.1, -0.05) is 103 Å². The molecule has 0 aliphatic carbocycles. The molecular weight excluding hydrogens is 647 g/mol. The van der Waals surface area contributed by atoms with Crippen LogP contribution in [-0.4, -0.2) is 14.5 Å². The molecule has 3 nitrogen and oxygen atoms in total. The molecule has 0 aliphatic heterocycles. The molecule has 3 aromatic heterocycles. The number of para-hydroxylation sites is 2. The normalized spacial score (nSPS) is 11.7. The van der Waals surface area contributed by atoms with Gasteiger partial charge in [0.25, 0.3) is 0 Å². The van der Waals surface area contributed by atoms with Gasteiger partial charge in [0.2, 0.25) is 0 Å². The number of benzene rings is 7. The highest BCUT2D eigenvalue weighted by atomic mass is 32.1. The fraction of sp³-hybridized carbons (Fsp3) is 0.0222. The molecule has 0 amide bonds. The van der Waals surface area contributed by atoms with Crippen molar-refractivity contribution in [1.29, 1.82) is 0 Å². The molecule has 0 saturated carbocycles. The first-order valence-electron chi connectivity index (χ1n) is 16.7. The standard InChI is InChI=1S/C45H29N3S2/c1-28-10-22-35(23-11-28)48-40-24-20-33(29-12-16-31(17-13-29)44-46-38-6-2-4-8-42(38)49-44)26-36(40)37-27-34(21-25-41(37)48)30-14-18-32(19-15-30)45-47-39-7-3-5-9-43(39)50-45/h2-27H,1H3. The van der Waals surface area contributed by atoms with Gasteiger partial charge in [-0.15, -0.1) is 22.7 Å². The van der Waals surface area contributed by atoms with Crippen LogP contribution in [-0.2, 0) is 0 Å². The second-order valence-electron chi connectivity index (χ2n) is 12.8. The highest BCUT2D eigenvalue weighted by Crippen LogP contribution is 2.39. The minimum atomic E-state index is 1.05. The van der Waals surface area contributed by atoms with Crippen molar-refractivity contribution in [3.63, 3.8) is 0 Å². The van der Waals surface area contributed by atoms with E-state index in [9.17, 15) is 0 Å². The summed E-state index contributed by atoms with van der Waals surface area (Å²) in [6.07, 6.45) is 0. The number of hydrogen-bond acceptors (Lipinski definition) is 4. The first kappa shape index (κ1) is 29.1. The molecule has 0 radical (unpaired) electrons. The molecule has 0 unspecified atom stereocenters. The summed E-state index contributed by atoms with van der Waals surface area (Å²) in [4.78, 5) is 9.75. The van der Waals surface area contributed by atoms with Crippen molar-refractivity contribution in [1.82, 2.24) is 14.5 Å². The molecular formula is C45H29N3S2. The van der Waals surface area contributed by atoms with Gasteiger partial charge in [-0.3, -0.25) is 0 Å². The van der Waals surface area contributed by atoms with E-state index in [1.54, 1.807) is 22.7 Å². The second kappa shape index (κ2) is 11.6. The van der Waals surface area contributed by atoms with Crippen LogP contribution in [0.25, 0.3) is 91.3 Å². The van der Waals surface area contributed by atoms with Crippen LogP contribution in [0.1, 0.15) is 5.56 Å². The zero-order valence-corrected chi connectivity index (χ0v) is 28.8. The summed E-state index contributed by atoms with van der Waals surface area (Å²) in [5.41, 5.74) is 14.0. The summed E-state index contributed by atoms with van der Waals surface area (Å²) in [5.74, 6) is 0. The maximum Gasteiger partial charge on any atom is 0.124 e. The predicted molar refractivity (Wildman–Crippen MR) is 214 cm³/mol. The molecule has 10 rings (SSSR count). The van der Waals surface area contributed by atoms with E-state index in [2.05, 4.69) is 157 Å². The quantitative estimate of drug-likeness (QED) is 0.182. The van der Waals surface area contributed by atoms with Crippen molar-refractivity contribution >= 4 is 64.9 Å². The zero-order chi connectivity index (χ0) is 33.2.